The Morgan fingerprint density at radius 1 is 1.36 bits per heavy atom. The van der Waals surface area contributed by atoms with Crippen molar-refractivity contribution in [1.82, 2.24) is 10.2 Å². The summed E-state index contributed by atoms with van der Waals surface area (Å²) in [6.45, 7) is 2.14. The average molecular weight is 328 g/mol. The lowest BCUT2D eigenvalue weighted by molar-refractivity contribution is -0.132. The molecule has 6 nitrogen and oxygen atoms in total. The van der Waals surface area contributed by atoms with Crippen LogP contribution in [-0.4, -0.2) is 49.5 Å². The third-order valence-electron chi connectivity index (χ3n) is 3.70. The second-order valence-corrected chi connectivity index (χ2v) is 5.14. The highest BCUT2D eigenvalue weighted by Gasteiger charge is 2.22. The van der Waals surface area contributed by atoms with E-state index >= 15 is 0 Å². The van der Waals surface area contributed by atoms with Crippen molar-refractivity contribution in [3.05, 3.63) is 29.8 Å². The van der Waals surface area contributed by atoms with E-state index < -0.39 is 5.91 Å². The molecule has 0 bridgehead atoms. The van der Waals surface area contributed by atoms with Crippen molar-refractivity contribution in [2.24, 2.45) is 5.73 Å². The molecule has 1 aromatic rings. The minimum absolute atomic E-state index is 0. The van der Waals surface area contributed by atoms with Crippen molar-refractivity contribution >= 4 is 24.2 Å². The molecule has 1 aromatic carbocycles. The molecule has 1 heterocycles. The fraction of sp³-hybridized carbons (Fsp3) is 0.467. The molecule has 22 heavy (non-hydrogen) atoms. The first-order valence-electron chi connectivity index (χ1n) is 7.07. The van der Waals surface area contributed by atoms with Gasteiger partial charge in [0.1, 0.15) is 5.75 Å². The second kappa shape index (κ2) is 8.60. The number of hydrogen-bond donors (Lipinski definition) is 2. The SMILES string of the molecule is CN(C(=O)CCOc1ccc(C(N)=O)cc1)C1CCNC1.Cl. The van der Waals surface area contributed by atoms with Crippen LogP contribution >= 0.6 is 12.4 Å². The number of carbonyl (C=O) groups excluding carboxylic acids is 2. The zero-order valence-corrected chi connectivity index (χ0v) is 13.4. The van der Waals surface area contributed by atoms with Gasteiger partial charge < -0.3 is 20.7 Å². The number of benzene rings is 1. The van der Waals surface area contributed by atoms with Crippen LogP contribution < -0.4 is 15.8 Å². The van der Waals surface area contributed by atoms with E-state index in [0.717, 1.165) is 19.5 Å². The third-order valence-corrected chi connectivity index (χ3v) is 3.70. The number of nitrogens with one attached hydrogen (secondary N) is 1. The van der Waals surface area contributed by atoms with Crippen molar-refractivity contribution in [2.75, 3.05) is 26.7 Å². The number of primary amides is 1. The van der Waals surface area contributed by atoms with Crippen molar-refractivity contribution < 1.29 is 14.3 Å². The van der Waals surface area contributed by atoms with Crippen LogP contribution in [0.1, 0.15) is 23.2 Å². The fourth-order valence-electron chi connectivity index (χ4n) is 2.32. The molecule has 0 saturated carbocycles. The van der Waals surface area contributed by atoms with Crippen LogP contribution in [0.15, 0.2) is 24.3 Å². The Kier molecular flexibility index (Phi) is 7.14. The zero-order valence-electron chi connectivity index (χ0n) is 12.6. The van der Waals surface area contributed by atoms with Gasteiger partial charge in [-0.05, 0) is 37.2 Å². The molecule has 1 aliphatic rings. The topological polar surface area (TPSA) is 84.7 Å². The van der Waals surface area contributed by atoms with Crippen molar-refractivity contribution in [1.29, 1.82) is 0 Å². The number of likely N-dealkylation sites (N-methyl/N-ethyl adjacent to an activating group) is 1. The van der Waals surface area contributed by atoms with E-state index in [1.54, 1.807) is 29.2 Å². The van der Waals surface area contributed by atoms with E-state index in [4.69, 9.17) is 10.5 Å². The molecule has 2 rings (SSSR count). The smallest absolute Gasteiger partial charge is 0.248 e. The van der Waals surface area contributed by atoms with Gasteiger partial charge in [-0.15, -0.1) is 12.4 Å². The number of carbonyl (C=O) groups is 2. The summed E-state index contributed by atoms with van der Waals surface area (Å²) in [7, 11) is 1.83. The highest BCUT2D eigenvalue weighted by atomic mass is 35.5. The molecule has 0 radical (unpaired) electrons. The van der Waals surface area contributed by atoms with Gasteiger partial charge in [0, 0.05) is 25.2 Å². The number of nitrogens with two attached hydrogens (primary N) is 1. The normalized spacial score (nSPS) is 16.7. The molecular formula is C15H22ClN3O3. The third kappa shape index (κ3) is 4.89. The van der Waals surface area contributed by atoms with Gasteiger partial charge in [0.25, 0.3) is 0 Å². The van der Waals surface area contributed by atoms with Crippen LogP contribution in [0.3, 0.4) is 0 Å². The average Bonchev–Trinajstić information content (AvgIpc) is 3.01. The largest absolute Gasteiger partial charge is 0.493 e. The Labute approximate surface area is 136 Å². The van der Waals surface area contributed by atoms with E-state index in [9.17, 15) is 9.59 Å². The first-order chi connectivity index (χ1) is 10.1. The summed E-state index contributed by atoms with van der Waals surface area (Å²) in [5.74, 6) is 0.235. The fourth-order valence-corrected chi connectivity index (χ4v) is 2.32. The summed E-state index contributed by atoms with van der Waals surface area (Å²) >= 11 is 0. The van der Waals surface area contributed by atoms with Crippen LogP contribution in [0.5, 0.6) is 5.75 Å². The molecule has 7 heteroatoms. The van der Waals surface area contributed by atoms with Gasteiger partial charge in [-0.2, -0.15) is 0 Å². The van der Waals surface area contributed by atoms with Crippen molar-refractivity contribution in [3.63, 3.8) is 0 Å². The molecular weight excluding hydrogens is 306 g/mol. The van der Waals surface area contributed by atoms with Crippen molar-refractivity contribution in [3.8, 4) is 5.75 Å². The maximum absolute atomic E-state index is 12.0. The van der Waals surface area contributed by atoms with E-state index in [2.05, 4.69) is 5.32 Å². The van der Waals surface area contributed by atoms with Gasteiger partial charge >= 0.3 is 0 Å². The molecule has 1 unspecified atom stereocenters. The number of hydrogen-bond acceptors (Lipinski definition) is 4. The van der Waals surface area contributed by atoms with E-state index in [1.165, 1.54) is 0 Å². The second-order valence-electron chi connectivity index (χ2n) is 5.14. The molecule has 2 amide bonds. The Hall–Kier alpha value is -1.79. The molecule has 1 aliphatic heterocycles. The molecule has 3 N–H and O–H groups in total. The summed E-state index contributed by atoms with van der Waals surface area (Å²) in [4.78, 5) is 24.8. The van der Waals surface area contributed by atoms with Crippen LogP contribution in [0, 0.1) is 0 Å². The summed E-state index contributed by atoms with van der Waals surface area (Å²) in [5.41, 5.74) is 5.60. The first kappa shape index (κ1) is 18.3. The number of nitrogens with zero attached hydrogens (tertiary/aromatic N) is 1. The number of ether oxygens (including phenoxy) is 1. The van der Waals surface area contributed by atoms with Crippen molar-refractivity contribution in [2.45, 2.75) is 18.9 Å². The van der Waals surface area contributed by atoms with Gasteiger partial charge in [-0.25, -0.2) is 0 Å². The molecule has 1 fully saturated rings. The molecule has 122 valence electrons. The lowest BCUT2D eigenvalue weighted by atomic mass is 10.2. The van der Waals surface area contributed by atoms with Gasteiger partial charge in [-0.1, -0.05) is 0 Å². The predicted octanol–water partition coefficient (Wildman–Crippen LogP) is 0.796. The van der Waals surface area contributed by atoms with Crippen LogP contribution in [-0.2, 0) is 4.79 Å². The number of halogens is 1. The lowest BCUT2D eigenvalue weighted by Gasteiger charge is -2.23. The van der Waals surface area contributed by atoms with E-state index in [0.29, 0.717) is 24.3 Å². The lowest BCUT2D eigenvalue weighted by Crippen LogP contribution is -2.38. The summed E-state index contributed by atoms with van der Waals surface area (Å²) in [6.07, 6.45) is 1.34. The van der Waals surface area contributed by atoms with Gasteiger partial charge in [0.05, 0.1) is 13.0 Å². The first-order valence-corrected chi connectivity index (χ1v) is 7.07. The summed E-state index contributed by atoms with van der Waals surface area (Å²) in [6, 6.07) is 6.85. The van der Waals surface area contributed by atoms with E-state index in [1.807, 2.05) is 7.05 Å². The highest BCUT2D eigenvalue weighted by Crippen LogP contribution is 2.13. The summed E-state index contributed by atoms with van der Waals surface area (Å²) < 4.78 is 5.51. The molecule has 0 aliphatic carbocycles. The highest BCUT2D eigenvalue weighted by molar-refractivity contribution is 5.92. The Balaban J connectivity index is 0.00000242. The quantitative estimate of drug-likeness (QED) is 0.809. The maximum Gasteiger partial charge on any atom is 0.248 e. The zero-order chi connectivity index (χ0) is 15.2. The van der Waals surface area contributed by atoms with Gasteiger partial charge in [0.15, 0.2) is 0 Å². The number of amides is 2. The molecule has 0 aromatic heterocycles. The minimum Gasteiger partial charge on any atom is -0.493 e. The monoisotopic (exact) mass is 327 g/mol. The maximum atomic E-state index is 12.0. The van der Waals surface area contributed by atoms with Crippen LogP contribution in [0.2, 0.25) is 0 Å². The predicted molar refractivity (Wildman–Crippen MR) is 86.4 cm³/mol. The Morgan fingerprint density at radius 2 is 2.05 bits per heavy atom. The molecule has 0 spiro atoms. The molecule has 1 saturated heterocycles. The van der Waals surface area contributed by atoms with Crippen LogP contribution in [0.25, 0.3) is 0 Å². The summed E-state index contributed by atoms with van der Waals surface area (Å²) in [5, 5.41) is 3.24. The van der Waals surface area contributed by atoms with Crippen LogP contribution in [0.4, 0.5) is 0 Å². The molecule has 1 atom stereocenters. The Bertz CT molecular complexity index is 501. The van der Waals surface area contributed by atoms with Gasteiger partial charge in [-0.3, -0.25) is 9.59 Å². The number of rotatable bonds is 6. The Morgan fingerprint density at radius 3 is 2.59 bits per heavy atom. The van der Waals surface area contributed by atoms with E-state index in [-0.39, 0.29) is 24.4 Å². The minimum atomic E-state index is -0.469. The standard InChI is InChI=1S/C15H21N3O3.ClH/c1-18(12-6-8-17-10-12)14(19)7-9-21-13-4-2-11(3-5-13)15(16)20;/h2-5,12,17H,6-10H2,1H3,(H2,16,20);1H. The van der Waals surface area contributed by atoms with Gasteiger partial charge in [0.2, 0.25) is 11.8 Å².